The van der Waals surface area contributed by atoms with Crippen molar-refractivity contribution < 1.29 is 0 Å². The SMILES string of the molecule is c1ccc(-c2ccccc2-c2ccc(N(c3ccc4c(c3)C3(c5ccccc5-c5ccccc53)c3ccccc3-4)c3c(-c4ccc5ccccc5c4)c4ccccc4c4ccccc34)cc2)cc1. The second-order valence-corrected chi connectivity index (χ2v) is 18.3. The summed E-state index contributed by atoms with van der Waals surface area (Å²) in [6.45, 7) is 0. The minimum absolute atomic E-state index is 0.488. The zero-order chi connectivity index (χ0) is 44.8. The maximum absolute atomic E-state index is 2.57. The second kappa shape index (κ2) is 15.1. The molecule has 2 aliphatic rings. The lowest BCUT2D eigenvalue weighted by Crippen LogP contribution is -2.26. The fourth-order valence-electron chi connectivity index (χ4n) is 12.0. The minimum Gasteiger partial charge on any atom is -0.309 e. The summed E-state index contributed by atoms with van der Waals surface area (Å²) in [5.41, 5.74) is 20.6. The molecule has 0 radical (unpaired) electrons. The average molecular weight is 862 g/mol. The molecule has 0 aromatic heterocycles. The van der Waals surface area contributed by atoms with Gasteiger partial charge in [-0.1, -0.05) is 231 Å². The monoisotopic (exact) mass is 861 g/mol. The van der Waals surface area contributed by atoms with Crippen LogP contribution in [0.5, 0.6) is 0 Å². The van der Waals surface area contributed by atoms with E-state index in [1.165, 1.54) is 110 Å². The van der Waals surface area contributed by atoms with Crippen LogP contribution >= 0.6 is 0 Å². The minimum atomic E-state index is -0.488. The molecular formula is C67H43N. The highest BCUT2D eigenvalue weighted by atomic mass is 15.1. The van der Waals surface area contributed by atoms with Crippen molar-refractivity contribution in [3.63, 3.8) is 0 Å². The van der Waals surface area contributed by atoms with E-state index in [0.717, 1.165) is 17.1 Å². The predicted molar refractivity (Wildman–Crippen MR) is 286 cm³/mol. The molecule has 1 nitrogen and oxygen atoms in total. The molecule has 2 aliphatic carbocycles. The number of nitrogens with zero attached hydrogens (tertiary/aromatic N) is 1. The number of anilines is 3. The summed E-state index contributed by atoms with van der Waals surface area (Å²) >= 11 is 0. The molecule has 0 saturated carbocycles. The van der Waals surface area contributed by atoms with Crippen LogP contribution in [0.1, 0.15) is 22.3 Å². The summed E-state index contributed by atoms with van der Waals surface area (Å²) in [4.78, 5) is 2.57. The molecular weight excluding hydrogens is 819 g/mol. The smallest absolute Gasteiger partial charge is 0.0726 e. The van der Waals surface area contributed by atoms with Crippen molar-refractivity contribution >= 4 is 49.4 Å². The zero-order valence-corrected chi connectivity index (χ0v) is 37.3. The number of hydrogen-bond donors (Lipinski definition) is 0. The number of hydrogen-bond acceptors (Lipinski definition) is 1. The third-order valence-corrected chi connectivity index (χ3v) is 14.9. The van der Waals surface area contributed by atoms with Crippen molar-refractivity contribution in [3.8, 4) is 55.6 Å². The van der Waals surface area contributed by atoms with Crippen LogP contribution in [0.4, 0.5) is 17.1 Å². The first-order valence-electron chi connectivity index (χ1n) is 23.7. The summed E-state index contributed by atoms with van der Waals surface area (Å²) in [5, 5.41) is 7.33. The van der Waals surface area contributed by atoms with Gasteiger partial charge in [-0.15, -0.1) is 0 Å². The van der Waals surface area contributed by atoms with Crippen LogP contribution in [0.15, 0.2) is 261 Å². The van der Waals surface area contributed by atoms with Crippen molar-refractivity contribution in [2.75, 3.05) is 4.90 Å². The molecule has 0 unspecified atom stereocenters. The van der Waals surface area contributed by atoms with Gasteiger partial charge in [0.1, 0.15) is 0 Å². The lowest BCUT2D eigenvalue weighted by atomic mass is 9.70. The van der Waals surface area contributed by atoms with Crippen molar-refractivity contribution in [1.82, 2.24) is 0 Å². The van der Waals surface area contributed by atoms with Gasteiger partial charge in [0.05, 0.1) is 11.1 Å². The van der Waals surface area contributed by atoms with Crippen molar-refractivity contribution in [3.05, 3.63) is 283 Å². The molecule has 0 heterocycles. The van der Waals surface area contributed by atoms with Crippen LogP contribution in [-0.4, -0.2) is 0 Å². The third-order valence-electron chi connectivity index (χ3n) is 14.9. The summed E-state index contributed by atoms with van der Waals surface area (Å²) in [5.74, 6) is 0. The van der Waals surface area contributed by atoms with Gasteiger partial charge in [-0.2, -0.15) is 0 Å². The van der Waals surface area contributed by atoms with Crippen LogP contribution in [0, 0.1) is 0 Å². The molecule has 12 aromatic rings. The number of rotatable bonds is 6. The quantitative estimate of drug-likeness (QED) is 0.151. The van der Waals surface area contributed by atoms with Crippen molar-refractivity contribution in [1.29, 1.82) is 0 Å². The Morgan fingerprint density at radius 3 is 1.32 bits per heavy atom. The van der Waals surface area contributed by atoms with Gasteiger partial charge in [0, 0.05) is 22.3 Å². The van der Waals surface area contributed by atoms with E-state index in [9.17, 15) is 0 Å². The molecule has 0 amide bonds. The van der Waals surface area contributed by atoms with Gasteiger partial charge >= 0.3 is 0 Å². The van der Waals surface area contributed by atoms with E-state index in [1.54, 1.807) is 0 Å². The van der Waals surface area contributed by atoms with Gasteiger partial charge < -0.3 is 4.90 Å². The van der Waals surface area contributed by atoms with Gasteiger partial charge in [0.2, 0.25) is 0 Å². The summed E-state index contributed by atoms with van der Waals surface area (Å²) in [6.07, 6.45) is 0. The Balaban J connectivity index is 1.08. The largest absolute Gasteiger partial charge is 0.309 e. The van der Waals surface area contributed by atoms with Crippen LogP contribution in [0.25, 0.3) is 88.0 Å². The lowest BCUT2D eigenvalue weighted by Gasteiger charge is -2.33. The van der Waals surface area contributed by atoms with E-state index in [1.807, 2.05) is 0 Å². The molecule has 1 spiro atoms. The highest BCUT2D eigenvalue weighted by molar-refractivity contribution is 6.23. The predicted octanol–water partition coefficient (Wildman–Crippen LogP) is 18.0. The van der Waals surface area contributed by atoms with Crippen LogP contribution in [-0.2, 0) is 5.41 Å². The van der Waals surface area contributed by atoms with Crippen molar-refractivity contribution in [2.24, 2.45) is 0 Å². The Kier molecular flexibility index (Phi) is 8.57. The summed E-state index contributed by atoms with van der Waals surface area (Å²) < 4.78 is 0. The molecule has 12 aromatic carbocycles. The van der Waals surface area contributed by atoms with Crippen LogP contribution in [0.2, 0.25) is 0 Å². The number of benzene rings is 12. The molecule has 0 N–H and O–H groups in total. The summed E-state index contributed by atoms with van der Waals surface area (Å²) in [7, 11) is 0. The van der Waals surface area contributed by atoms with Gasteiger partial charge in [0.25, 0.3) is 0 Å². The van der Waals surface area contributed by atoms with E-state index in [-0.39, 0.29) is 0 Å². The normalized spacial score (nSPS) is 12.8. The first kappa shape index (κ1) is 38.5. The zero-order valence-electron chi connectivity index (χ0n) is 37.3. The first-order valence-corrected chi connectivity index (χ1v) is 23.7. The fraction of sp³-hybridized carbons (Fsp3) is 0.0149. The Labute approximate surface area is 396 Å². The van der Waals surface area contributed by atoms with Gasteiger partial charge in [0.15, 0.2) is 0 Å². The average Bonchev–Trinajstić information content (AvgIpc) is 3.88. The molecule has 0 bridgehead atoms. The highest BCUT2D eigenvalue weighted by Crippen LogP contribution is 2.63. The van der Waals surface area contributed by atoms with Gasteiger partial charge in [-0.3, -0.25) is 0 Å². The van der Waals surface area contributed by atoms with Crippen molar-refractivity contribution in [2.45, 2.75) is 5.41 Å². The maximum Gasteiger partial charge on any atom is 0.0726 e. The first-order chi connectivity index (χ1) is 33.8. The summed E-state index contributed by atoms with van der Waals surface area (Å²) in [6, 6.07) is 97.1. The molecule has 0 fully saturated rings. The second-order valence-electron chi connectivity index (χ2n) is 18.3. The molecule has 1 heteroatoms. The molecule has 0 saturated heterocycles. The Morgan fingerprint density at radius 1 is 0.250 bits per heavy atom. The lowest BCUT2D eigenvalue weighted by molar-refractivity contribution is 0.793. The standard InChI is InChI=1S/C67H43N/c1-2-19-45(20-3-1)51-22-6-7-23-52(51)46-36-38-49(39-37-46)68(66-60-30-11-9-25-54(60)53-24-8-10-29-59(53)65(66)48-35-34-44-18-4-5-21-47(44)42-48)50-40-41-58-57-28-14-17-33-63(57)67(64(58)43-50)61-31-15-12-26-55(61)56-27-13-16-32-62(56)67/h1-43H. The Bertz CT molecular complexity index is 3910. The highest BCUT2D eigenvalue weighted by Gasteiger charge is 2.51. The topological polar surface area (TPSA) is 3.24 Å². The number of fused-ring (bicyclic) bond motifs is 14. The molecule has 0 aliphatic heterocycles. The van der Waals surface area contributed by atoms with E-state index < -0.39 is 5.41 Å². The molecule has 316 valence electrons. The fourth-order valence-corrected chi connectivity index (χ4v) is 12.0. The van der Waals surface area contributed by atoms with Crippen LogP contribution in [0.3, 0.4) is 0 Å². The Morgan fingerprint density at radius 2 is 0.691 bits per heavy atom. The van der Waals surface area contributed by atoms with E-state index >= 15 is 0 Å². The van der Waals surface area contributed by atoms with Gasteiger partial charge in [-0.25, -0.2) is 0 Å². The van der Waals surface area contributed by atoms with E-state index in [0.29, 0.717) is 0 Å². The van der Waals surface area contributed by atoms with Gasteiger partial charge in [-0.05, 0) is 130 Å². The molecule has 68 heavy (non-hydrogen) atoms. The van der Waals surface area contributed by atoms with Crippen LogP contribution < -0.4 is 4.90 Å². The molecule has 0 atom stereocenters. The van der Waals surface area contributed by atoms with E-state index in [4.69, 9.17) is 0 Å². The third kappa shape index (κ3) is 5.57. The maximum atomic E-state index is 2.57. The molecule has 14 rings (SSSR count). The Hall–Kier alpha value is -8.78. The van der Waals surface area contributed by atoms with E-state index in [2.05, 4.69) is 266 Å².